The van der Waals surface area contributed by atoms with Crippen molar-refractivity contribution >= 4 is 47.3 Å². The SMILES string of the molecule is CCCc1cc2c(-c3cccc4ccccc34)cccc2[cH-]1.CCCc1cc2c(-c3cccc4ccccc34)cccc2[cH-]1.[CH2]=[Zr+2]. The Bertz CT molecular complexity index is 2050. The van der Waals surface area contributed by atoms with Gasteiger partial charge in [-0.3, -0.25) is 0 Å². The van der Waals surface area contributed by atoms with Gasteiger partial charge in [-0.05, 0) is 45.5 Å². The Kier molecular flexibility index (Phi) is 10.3. The van der Waals surface area contributed by atoms with Crippen LogP contribution in [0.4, 0.5) is 0 Å². The Labute approximate surface area is 288 Å². The predicted molar refractivity (Wildman–Crippen MR) is 200 cm³/mol. The van der Waals surface area contributed by atoms with E-state index in [0.29, 0.717) is 0 Å². The van der Waals surface area contributed by atoms with Gasteiger partial charge in [0.15, 0.2) is 0 Å². The summed E-state index contributed by atoms with van der Waals surface area (Å²) in [6.45, 7) is 4.48. The maximum atomic E-state index is 3.34. The van der Waals surface area contributed by atoms with E-state index in [1.54, 1.807) is 0 Å². The summed E-state index contributed by atoms with van der Waals surface area (Å²) < 4.78 is 3.34. The summed E-state index contributed by atoms with van der Waals surface area (Å²) in [5.41, 5.74) is 8.25. The average Bonchev–Trinajstić information content (AvgIpc) is 3.73. The van der Waals surface area contributed by atoms with E-state index in [0.717, 1.165) is 12.8 Å². The summed E-state index contributed by atoms with van der Waals surface area (Å²) in [5, 5.41) is 10.7. The third-order valence-electron chi connectivity index (χ3n) is 8.86. The first-order valence-corrected chi connectivity index (χ1v) is 18.2. The van der Waals surface area contributed by atoms with Gasteiger partial charge in [0.2, 0.25) is 0 Å². The molecule has 0 heterocycles. The quantitative estimate of drug-likeness (QED) is 0.154. The summed E-state index contributed by atoms with van der Waals surface area (Å²) in [7, 11) is 0. The van der Waals surface area contributed by atoms with Gasteiger partial charge in [0.05, 0.1) is 0 Å². The van der Waals surface area contributed by atoms with Crippen molar-refractivity contribution in [3.63, 3.8) is 0 Å². The van der Waals surface area contributed by atoms with Crippen LogP contribution < -0.4 is 0 Å². The van der Waals surface area contributed by atoms with Gasteiger partial charge < -0.3 is 0 Å². The first kappa shape index (κ1) is 31.8. The minimum absolute atomic E-state index is 1.16. The monoisotopic (exact) mass is 670 g/mol. The number of fused-ring (bicyclic) bond motifs is 4. The van der Waals surface area contributed by atoms with Crippen LogP contribution in [-0.2, 0) is 37.1 Å². The average molecular weight is 672 g/mol. The van der Waals surface area contributed by atoms with E-state index in [4.69, 9.17) is 0 Å². The number of benzene rings is 6. The second-order valence-corrected chi connectivity index (χ2v) is 11.9. The van der Waals surface area contributed by atoms with Gasteiger partial charge in [0.1, 0.15) is 0 Å². The van der Waals surface area contributed by atoms with Crippen LogP contribution in [0, 0.1) is 0 Å². The zero-order valence-electron chi connectivity index (χ0n) is 26.9. The van der Waals surface area contributed by atoms with E-state index in [9.17, 15) is 0 Å². The third-order valence-corrected chi connectivity index (χ3v) is 8.86. The summed E-state index contributed by atoms with van der Waals surface area (Å²) >= 11 is 1.30. The van der Waals surface area contributed by atoms with Crippen molar-refractivity contribution in [1.82, 2.24) is 0 Å². The second-order valence-electron chi connectivity index (χ2n) is 11.9. The van der Waals surface area contributed by atoms with Crippen molar-refractivity contribution in [2.45, 2.75) is 39.5 Å². The number of aryl methyl sites for hydroxylation is 2. The zero-order valence-corrected chi connectivity index (χ0v) is 29.3. The van der Waals surface area contributed by atoms with E-state index in [2.05, 4.69) is 164 Å². The first-order valence-electron chi connectivity index (χ1n) is 16.4. The summed E-state index contributed by atoms with van der Waals surface area (Å²) in [4.78, 5) is 0. The van der Waals surface area contributed by atoms with Gasteiger partial charge >= 0.3 is 28.4 Å². The molecule has 0 aliphatic rings. The molecular weight excluding hydrogens is 632 g/mol. The van der Waals surface area contributed by atoms with Crippen molar-refractivity contribution in [2.75, 3.05) is 0 Å². The Hall–Kier alpha value is -4.19. The molecule has 8 aromatic rings. The van der Waals surface area contributed by atoms with E-state index in [-0.39, 0.29) is 0 Å². The van der Waals surface area contributed by atoms with Crippen LogP contribution in [0.15, 0.2) is 146 Å². The fourth-order valence-electron chi connectivity index (χ4n) is 6.85. The molecule has 0 saturated heterocycles. The Morgan fingerprint density at radius 3 is 1.20 bits per heavy atom. The van der Waals surface area contributed by atoms with Crippen LogP contribution in [0.25, 0.3) is 65.3 Å². The van der Waals surface area contributed by atoms with Gasteiger partial charge in [-0.1, -0.05) is 135 Å². The van der Waals surface area contributed by atoms with Crippen LogP contribution in [-0.4, -0.2) is 4.21 Å². The van der Waals surface area contributed by atoms with Gasteiger partial charge in [-0.25, -0.2) is 0 Å². The van der Waals surface area contributed by atoms with Crippen molar-refractivity contribution in [2.24, 2.45) is 0 Å². The number of hydrogen-bond donors (Lipinski definition) is 0. The van der Waals surface area contributed by atoms with Crippen molar-refractivity contribution in [3.05, 3.63) is 157 Å². The van der Waals surface area contributed by atoms with Crippen LogP contribution in [0.3, 0.4) is 0 Å². The molecule has 0 aromatic heterocycles. The van der Waals surface area contributed by atoms with Gasteiger partial charge in [0.25, 0.3) is 0 Å². The van der Waals surface area contributed by atoms with Gasteiger partial charge in [-0.2, -0.15) is 12.1 Å². The van der Waals surface area contributed by atoms with E-state index in [1.807, 2.05) is 0 Å². The van der Waals surface area contributed by atoms with Gasteiger partial charge in [-0.15, -0.1) is 69.1 Å². The molecule has 0 atom stereocenters. The Balaban J connectivity index is 0.000000153. The van der Waals surface area contributed by atoms with E-state index in [1.165, 1.54) is 114 Å². The van der Waals surface area contributed by atoms with E-state index < -0.39 is 0 Å². The molecule has 0 amide bonds. The van der Waals surface area contributed by atoms with Crippen molar-refractivity contribution in [1.29, 1.82) is 0 Å². The molecule has 1 heteroatoms. The number of hydrogen-bond acceptors (Lipinski definition) is 0. The molecule has 0 radical (unpaired) electrons. The molecule has 0 unspecified atom stereocenters. The fourth-order valence-corrected chi connectivity index (χ4v) is 6.85. The first-order chi connectivity index (χ1) is 22.7. The number of rotatable bonds is 6. The van der Waals surface area contributed by atoms with Crippen molar-refractivity contribution < 1.29 is 24.2 Å². The Morgan fingerprint density at radius 2 is 0.783 bits per heavy atom. The molecular formula is C45H40Zr. The van der Waals surface area contributed by atoms with Crippen LogP contribution in [0.1, 0.15) is 37.8 Å². The zero-order chi connectivity index (χ0) is 31.9. The minimum atomic E-state index is 1.16. The standard InChI is InChI=1S/2C22H19.CH2.Zr/c2*1-2-7-16-14-18-10-6-13-21(22(18)15-16)20-12-5-9-17-8-3-4-11-19(17)20;;/h2*3-6,8-15H,2,7H2,1H3;1H2;/q2*-1;;+2. The second kappa shape index (κ2) is 14.9. The third kappa shape index (κ3) is 6.53. The Morgan fingerprint density at radius 1 is 0.435 bits per heavy atom. The topological polar surface area (TPSA) is 0 Å². The molecule has 0 N–H and O–H groups in total. The van der Waals surface area contributed by atoms with Crippen molar-refractivity contribution in [3.8, 4) is 22.3 Å². The summed E-state index contributed by atoms with van der Waals surface area (Å²) in [6, 6.07) is 53.2. The summed E-state index contributed by atoms with van der Waals surface area (Å²) in [5.74, 6) is 0. The molecule has 0 bridgehead atoms. The molecule has 0 saturated carbocycles. The molecule has 0 aliphatic carbocycles. The molecule has 46 heavy (non-hydrogen) atoms. The summed E-state index contributed by atoms with van der Waals surface area (Å²) in [6.07, 6.45) is 4.70. The fraction of sp³-hybridized carbons (Fsp3) is 0.133. The normalized spacial score (nSPS) is 11.0. The molecule has 0 spiro atoms. The van der Waals surface area contributed by atoms with Crippen LogP contribution in [0.2, 0.25) is 0 Å². The molecule has 8 rings (SSSR count). The molecule has 0 nitrogen and oxygen atoms in total. The molecule has 0 fully saturated rings. The maximum absolute atomic E-state index is 3.34. The molecule has 0 aliphatic heterocycles. The molecule has 224 valence electrons. The van der Waals surface area contributed by atoms with Crippen LogP contribution in [0.5, 0.6) is 0 Å². The van der Waals surface area contributed by atoms with Crippen LogP contribution >= 0.6 is 0 Å². The van der Waals surface area contributed by atoms with Gasteiger partial charge in [0, 0.05) is 0 Å². The molecule has 8 aromatic carbocycles. The predicted octanol–water partition coefficient (Wildman–Crippen LogP) is 12.6. The van der Waals surface area contributed by atoms with E-state index >= 15 is 0 Å².